The number of hydrogen-bond donors (Lipinski definition) is 1. The molecule has 4 rings (SSSR count). The van der Waals surface area contributed by atoms with Crippen LogP contribution in [0.3, 0.4) is 0 Å². The zero-order valence-corrected chi connectivity index (χ0v) is 13.9. The van der Waals surface area contributed by atoms with Gasteiger partial charge in [0.25, 0.3) is 0 Å². The summed E-state index contributed by atoms with van der Waals surface area (Å²) in [6.07, 6.45) is 1.16. The van der Waals surface area contributed by atoms with E-state index in [0.29, 0.717) is 12.1 Å². The van der Waals surface area contributed by atoms with Crippen LogP contribution in [0.15, 0.2) is 18.2 Å². The van der Waals surface area contributed by atoms with E-state index in [-0.39, 0.29) is 0 Å². The van der Waals surface area contributed by atoms with Crippen molar-refractivity contribution in [2.75, 3.05) is 39.3 Å². The maximum absolute atomic E-state index is 6.36. The minimum Gasteiger partial charge on any atom is -0.309 e. The lowest BCUT2D eigenvalue weighted by molar-refractivity contribution is -0.00364. The highest BCUT2D eigenvalue weighted by molar-refractivity contribution is 6.31. The average molecular weight is 308 g/mol. The quantitative estimate of drug-likeness (QED) is 0.902. The van der Waals surface area contributed by atoms with Gasteiger partial charge >= 0.3 is 0 Å². The molecule has 0 aliphatic carbocycles. The summed E-state index contributed by atoms with van der Waals surface area (Å²) >= 11 is 6.36. The Morgan fingerprint density at radius 2 is 2.05 bits per heavy atom. The van der Waals surface area contributed by atoms with Gasteiger partial charge in [0.15, 0.2) is 0 Å². The molecule has 0 aromatic heterocycles. The van der Waals surface area contributed by atoms with Gasteiger partial charge in [-0.3, -0.25) is 9.80 Å². The van der Waals surface area contributed by atoms with Crippen LogP contribution in [0, 0.1) is 6.92 Å². The van der Waals surface area contributed by atoms with E-state index in [4.69, 9.17) is 11.6 Å². The molecule has 2 atom stereocenters. The van der Waals surface area contributed by atoms with Crippen LogP contribution in [0.2, 0.25) is 5.02 Å². The molecule has 3 aliphatic heterocycles. The maximum Gasteiger partial charge on any atom is 0.0491 e. The molecule has 21 heavy (non-hydrogen) atoms. The molecule has 0 radical (unpaired) electrons. The molecule has 1 aromatic rings. The first-order valence-electron chi connectivity index (χ1n) is 8.15. The Morgan fingerprint density at radius 1 is 1.29 bits per heavy atom. The molecule has 1 aromatic carbocycles. The topological polar surface area (TPSA) is 18.5 Å². The Hall–Kier alpha value is -0.610. The lowest BCUT2D eigenvalue weighted by atomic mass is 9.93. The number of nitrogens with one attached hydrogen (secondary N) is 1. The van der Waals surface area contributed by atoms with Crippen molar-refractivity contribution in [3.63, 3.8) is 0 Å². The van der Waals surface area contributed by atoms with Crippen LogP contribution in [0.4, 0.5) is 0 Å². The summed E-state index contributed by atoms with van der Waals surface area (Å²) < 4.78 is 0. The van der Waals surface area contributed by atoms with Gasteiger partial charge < -0.3 is 5.32 Å². The molecule has 3 nitrogen and oxygen atoms in total. The summed E-state index contributed by atoms with van der Waals surface area (Å²) in [5.74, 6) is 0. The van der Waals surface area contributed by atoms with Gasteiger partial charge in [0, 0.05) is 49.8 Å². The molecular weight excluding hydrogens is 282 g/mol. The van der Waals surface area contributed by atoms with Crippen molar-refractivity contribution >= 4 is 11.6 Å². The molecule has 1 N–H and O–H groups in total. The first-order chi connectivity index (χ1) is 10.2. The van der Waals surface area contributed by atoms with Crippen LogP contribution in [-0.2, 0) is 0 Å². The molecule has 3 aliphatic rings. The van der Waals surface area contributed by atoms with Crippen molar-refractivity contribution in [2.45, 2.75) is 32.4 Å². The van der Waals surface area contributed by atoms with Gasteiger partial charge in [-0.15, -0.1) is 0 Å². The van der Waals surface area contributed by atoms with E-state index < -0.39 is 0 Å². The number of fused-ring (bicyclic) bond motifs is 3. The number of piperazine rings is 3. The molecule has 0 saturated carbocycles. The van der Waals surface area contributed by atoms with Crippen LogP contribution < -0.4 is 5.32 Å². The van der Waals surface area contributed by atoms with Crippen LogP contribution >= 0.6 is 11.6 Å². The summed E-state index contributed by atoms with van der Waals surface area (Å²) in [6, 6.07) is 7.49. The lowest BCUT2D eigenvalue weighted by Crippen LogP contribution is -2.64. The predicted octanol–water partition coefficient (Wildman–Crippen LogP) is 2.69. The van der Waals surface area contributed by atoms with Gasteiger partial charge in [0.2, 0.25) is 0 Å². The van der Waals surface area contributed by atoms with Crippen LogP contribution in [0.5, 0.6) is 0 Å². The largest absolute Gasteiger partial charge is 0.309 e. The zero-order chi connectivity index (χ0) is 14.8. The molecule has 2 unspecified atom stereocenters. The summed E-state index contributed by atoms with van der Waals surface area (Å²) in [5, 5.41) is 4.64. The second-order valence-electron chi connectivity index (χ2n) is 6.34. The highest BCUT2D eigenvalue weighted by Crippen LogP contribution is 2.29. The fraction of sp³-hybridized carbons (Fsp3) is 0.647. The SMILES string of the molecule is CCCNC(c1ccc(C)c(Cl)c1)C1CN2CCN1CC2. The summed E-state index contributed by atoms with van der Waals surface area (Å²) in [5.41, 5.74) is 2.49. The number of benzene rings is 1. The number of halogens is 1. The van der Waals surface area contributed by atoms with Crippen LogP contribution in [0.1, 0.15) is 30.5 Å². The fourth-order valence-electron chi connectivity index (χ4n) is 3.55. The van der Waals surface area contributed by atoms with Gasteiger partial charge in [-0.05, 0) is 37.1 Å². The van der Waals surface area contributed by atoms with Gasteiger partial charge in [-0.2, -0.15) is 0 Å². The smallest absolute Gasteiger partial charge is 0.0491 e. The second kappa shape index (κ2) is 6.66. The zero-order valence-electron chi connectivity index (χ0n) is 13.1. The van der Waals surface area contributed by atoms with E-state index in [2.05, 4.69) is 47.2 Å². The second-order valence-corrected chi connectivity index (χ2v) is 6.75. The van der Waals surface area contributed by atoms with E-state index in [1.54, 1.807) is 0 Å². The third-order valence-electron chi connectivity index (χ3n) is 4.88. The summed E-state index contributed by atoms with van der Waals surface area (Å²) in [4.78, 5) is 5.25. The van der Waals surface area contributed by atoms with Crippen LogP contribution in [-0.4, -0.2) is 55.1 Å². The van der Waals surface area contributed by atoms with E-state index in [1.165, 1.54) is 38.3 Å². The fourth-order valence-corrected chi connectivity index (χ4v) is 3.74. The normalized spacial score (nSPS) is 29.6. The van der Waals surface area contributed by atoms with Crippen molar-refractivity contribution in [3.8, 4) is 0 Å². The van der Waals surface area contributed by atoms with Crippen molar-refractivity contribution in [2.24, 2.45) is 0 Å². The van der Waals surface area contributed by atoms with Gasteiger partial charge in [-0.25, -0.2) is 0 Å². The lowest BCUT2D eigenvalue weighted by Gasteiger charge is -2.50. The Bertz CT molecular complexity index is 483. The predicted molar refractivity (Wildman–Crippen MR) is 89.0 cm³/mol. The summed E-state index contributed by atoms with van der Waals surface area (Å²) in [7, 11) is 0. The average Bonchev–Trinajstić information content (AvgIpc) is 2.52. The first kappa shape index (κ1) is 15.3. The van der Waals surface area contributed by atoms with E-state index >= 15 is 0 Å². The monoisotopic (exact) mass is 307 g/mol. The molecule has 3 saturated heterocycles. The van der Waals surface area contributed by atoms with E-state index in [9.17, 15) is 0 Å². The van der Waals surface area contributed by atoms with Gasteiger partial charge in [0.1, 0.15) is 0 Å². The third kappa shape index (κ3) is 3.26. The van der Waals surface area contributed by atoms with Gasteiger partial charge in [-0.1, -0.05) is 30.7 Å². The van der Waals surface area contributed by atoms with Crippen molar-refractivity contribution in [3.05, 3.63) is 34.3 Å². The molecule has 116 valence electrons. The first-order valence-corrected chi connectivity index (χ1v) is 8.52. The number of rotatable bonds is 5. The maximum atomic E-state index is 6.36. The molecule has 4 heteroatoms. The number of hydrogen-bond acceptors (Lipinski definition) is 3. The number of aryl methyl sites for hydroxylation is 1. The molecule has 3 heterocycles. The third-order valence-corrected chi connectivity index (χ3v) is 5.28. The summed E-state index contributed by atoms with van der Waals surface area (Å²) in [6.45, 7) is 11.4. The highest BCUT2D eigenvalue weighted by Gasteiger charge is 2.37. The standard InChI is InChI=1S/C17H26ClN3/c1-3-6-19-17(14-5-4-13(2)15(18)11-14)16-12-20-7-9-21(16)10-8-20/h4-5,11,16-17,19H,3,6-10,12H2,1-2H3. The van der Waals surface area contributed by atoms with Crippen molar-refractivity contribution in [1.82, 2.24) is 15.1 Å². The molecule has 0 spiro atoms. The Kier molecular flexibility index (Phi) is 4.85. The van der Waals surface area contributed by atoms with Crippen LogP contribution in [0.25, 0.3) is 0 Å². The number of nitrogens with zero attached hydrogens (tertiary/aromatic N) is 2. The van der Waals surface area contributed by atoms with Gasteiger partial charge in [0.05, 0.1) is 0 Å². The Balaban J connectivity index is 1.84. The van der Waals surface area contributed by atoms with Crippen molar-refractivity contribution < 1.29 is 0 Å². The van der Waals surface area contributed by atoms with E-state index in [0.717, 1.165) is 23.6 Å². The molecular formula is C17H26ClN3. The van der Waals surface area contributed by atoms with Crippen molar-refractivity contribution in [1.29, 1.82) is 0 Å². The Labute approximate surface area is 133 Å². The Morgan fingerprint density at radius 3 is 2.62 bits per heavy atom. The highest BCUT2D eigenvalue weighted by atomic mass is 35.5. The molecule has 0 amide bonds. The minimum atomic E-state index is 0.381. The minimum absolute atomic E-state index is 0.381. The molecule has 3 fully saturated rings. The van der Waals surface area contributed by atoms with E-state index in [1.807, 2.05) is 0 Å². The molecule has 2 bridgehead atoms.